The molecule has 1 aromatic heterocycles. The maximum absolute atomic E-state index is 12.3. The molecule has 2 heterocycles. The van der Waals surface area contributed by atoms with E-state index in [2.05, 4.69) is 22.8 Å². The molecule has 0 aliphatic carbocycles. The van der Waals surface area contributed by atoms with Crippen LogP contribution in [0.4, 0.5) is 0 Å². The van der Waals surface area contributed by atoms with Crippen LogP contribution < -0.4 is 10.6 Å². The quantitative estimate of drug-likeness (QED) is 0.884. The molecule has 1 aliphatic rings. The molecule has 1 aromatic carbocycles. The maximum atomic E-state index is 12.3. The molecule has 1 atom stereocenters. The number of rotatable bonds is 2. The highest BCUT2D eigenvalue weighted by molar-refractivity contribution is 7.20. The second-order valence-corrected chi connectivity index (χ2v) is 6.10. The summed E-state index contributed by atoms with van der Waals surface area (Å²) in [5.74, 6) is 0.0647. The number of amides is 1. The van der Waals surface area contributed by atoms with Crippen LogP contribution >= 0.6 is 11.3 Å². The van der Waals surface area contributed by atoms with Crippen molar-refractivity contribution >= 4 is 27.3 Å². The minimum atomic E-state index is 0.0647. The third-order valence-electron chi connectivity index (χ3n) is 3.53. The van der Waals surface area contributed by atoms with E-state index in [1.165, 1.54) is 17.5 Å². The summed E-state index contributed by atoms with van der Waals surface area (Å²) in [5, 5.41) is 7.66. The number of thiophene rings is 1. The Morgan fingerprint density at radius 1 is 1.32 bits per heavy atom. The van der Waals surface area contributed by atoms with Crippen molar-refractivity contribution in [1.82, 2.24) is 10.6 Å². The van der Waals surface area contributed by atoms with Crippen LogP contribution in [0.25, 0.3) is 10.1 Å². The highest BCUT2D eigenvalue weighted by Crippen LogP contribution is 2.25. The number of nitrogens with one attached hydrogen (secondary N) is 2. The topological polar surface area (TPSA) is 41.1 Å². The first-order chi connectivity index (χ1) is 9.33. The Morgan fingerprint density at radius 3 is 3.11 bits per heavy atom. The third-order valence-corrected chi connectivity index (χ3v) is 4.65. The zero-order valence-electron chi connectivity index (χ0n) is 10.8. The van der Waals surface area contributed by atoms with E-state index < -0.39 is 0 Å². The molecule has 1 aliphatic heterocycles. The first-order valence-corrected chi connectivity index (χ1v) is 7.65. The Kier molecular flexibility index (Phi) is 3.80. The summed E-state index contributed by atoms with van der Waals surface area (Å²) in [6, 6.07) is 10.4. The van der Waals surface area contributed by atoms with Crippen molar-refractivity contribution in [3.63, 3.8) is 0 Å². The molecule has 0 spiro atoms. The van der Waals surface area contributed by atoms with E-state index in [9.17, 15) is 4.79 Å². The Labute approximate surface area is 117 Å². The van der Waals surface area contributed by atoms with E-state index >= 15 is 0 Å². The van der Waals surface area contributed by atoms with Gasteiger partial charge in [0.05, 0.1) is 4.88 Å². The van der Waals surface area contributed by atoms with E-state index in [4.69, 9.17) is 0 Å². The van der Waals surface area contributed by atoms with Crippen LogP contribution in [0.5, 0.6) is 0 Å². The van der Waals surface area contributed by atoms with Crippen molar-refractivity contribution in [2.75, 3.05) is 13.1 Å². The van der Waals surface area contributed by atoms with Crippen LogP contribution in [0.15, 0.2) is 30.3 Å². The number of hydrogen-bond donors (Lipinski definition) is 2. The van der Waals surface area contributed by atoms with Gasteiger partial charge in [0.1, 0.15) is 0 Å². The van der Waals surface area contributed by atoms with Gasteiger partial charge in [-0.15, -0.1) is 11.3 Å². The average molecular weight is 274 g/mol. The second-order valence-electron chi connectivity index (χ2n) is 5.02. The first kappa shape index (κ1) is 12.6. The molecule has 19 heavy (non-hydrogen) atoms. The number of fused-ring (bicyclic) bond motifs is 1. The van der Waals surface area contributed by atoms with Crippen molar-refractivity contribution in [3.8, 4) is 0 Å². The lowest BCUT2D eigenvalue weighted by Gasteiger charge is -2.15. The van der Waals surface area contributed by atoms with Crippen LogP contribution in [0, 0.1) is 0 Å². The summed E-state index contributed by atoms with van der Waals surface area (Å²) in [4.78, 5) is 13.1. The summed E-state index contributed by atoms with van der Waals surface area (Å²) >= 11 is 1.57. The Bertz CT molecular complexity index is 537. The fourth-order valence-electron chi connectivity index (χ4n) is 2.49. The molecule has 1 saturated heterocycles. The molecule has 3 rings (SSSR count). The predicted octanol–water partition coefficient (Wildman–Crippen LogP) is 2.77. The van der Waals surface area contributed by atoms with E-state index in [0.717, 1.165) is 29.8 Å². The normalized spacial score (nSPS) is 20.1. The van der Waals surface area contributed by atoms with E-state index in [0.29, 0.717) is 0 Å². The molecule has 0 saturated carbocycles. The lowest BCUT2D eigenvalue weighted by Crippen LogP contribution is -2.40. The minimum absolute atomic E-state index is 0.0647. The molecule has 2 aromatic rings. The van der Waals surface area contributed by atoms with Gasteiger partial charge >= 0.3 is 0 Å². The molecule has 1 amide bonds. The minimum Gasteiger partial charge on any atom is -0.347 e. The molecule has 1 fully saturated rings. The van der Waals surface area contributed by atoms with E-state index in [-0.39, 0.29) is 11.9 Å². The van der Waals surface area contributed by atoms with Gasteiger partial charge in [0, 0.05) is 17.3 Å². The number of hydrogen-bond acceptors (Lipinski definition) is 3. The lowest BCUT2D eigenvalue weighted by molar-refractivity contribution is 0.0939. The fraction of sp³-hybridized carbons (Fsp3) is 0.400. The van der Waals surface area contributed by atoms with Crippen molar-refractivity contribution < 1.29 is 4.79 Å². The summed E-state index contributed by atoms with van der Waals surface area (Å²) < 4.78 is 1.17. The van der Waals surface area contributed by atoms with Gasteiger partial charge in [-0.3, -0.25) is 4.79 Å². The molecule has 0 radical (unpaired) electrons. The van der Waals surface area contributed by atoms with Gasteiger partial charge in [0.2, 0.25) is 0 Å². The maximum Gasteiger partial charge on any atom is 0.261 e. The molecule has 3 nitrogen and oxygen atoms in total. The molecule has 4 heteroatoms. The highest BCUT2D eigenvalue weighted by atomic mass is 32.1. The Morgan fingerprint density at radius 2 is 2.21 bits per heavy atom. The van der Waals surface area contributed by atoms with E-state index in [1.54, 1.807) is 11.3 Å². The van der Waals surface area contributed by atoms with Crippen LogP contribution in [-0.4, -0.2) is 25.0 Å². The molecular formula is C15H18N2OS. The Balaban J connectivity index is 1.72. The molecular weight excluding hydrogens is 256 g/mol. The SMILES string of the molecule is O=C(NC1CCCCNC1)c1cc2ccccc2s1. The highest BCUT2D eigenvalue weighted by Gasteiger charge is 2.16. The van der Waals surface area contributed by atoms with Crippen LogP contribution in [0.2, 0.25) is 0 Å². The summed E-state index contributed by atoms with van der Waals surface area (Å²) in [7, 11) is 0. The smallest absolute Gasteiger partial charge is 0.261 e. The van der Waals surface area contributed by atoms with Gasteiger partial charge < -0.3 is 10.6 Å². The van der Waals surface area contributed by atoms with Gasteiger partial charge in [0.25, 0.3) is 5.91 Å². The fourth-order valence-corrected chi connectivity index (χ4v) is 3.46. The summed E-state index contributed by atoms with van der Waals surface area (Å²) in [6.07, 6.45) is 3.46. The monoisotopic (exact) mass is 274 g/mol. The van der Waals surface area contributed by atoms with Crippen molar-refractivity contribution in [2.45, 2.75) is 25.3 Å². The average Bonchev–Trinajstić information content (AvgIpc) is 2.70. The standard InChI is InChI=1S/C15H18N2OS/c18-15(17-12-6-3-4-8-16-10-12)14-9-11-5-1-2-7-13(11)19-14/h1-2,5,7,9,12,16H,3-4,6,8,10H2,(H,17,18). The number of benzene rings is 1. The predicted molar refractivity (Wildman–Crippen MR) is 79.8 cm³/mol. The van der Waals surface area contributed by atoms with Gasteiger partial charge in [0.15, 0.2) is 0 Å². The van der Waals surface area contributed by atoms with Gasteiger partial charge in [-0.05, 0) is 36.9 Å². The number of carbonyl (C=O) groups excluding carboxylic acids is 1. The van der Waals surface area contributed by atoms with Crippen molar-refractivity contribution in [3.05, 3.63) is 35.2 Å². The summed E-state index contributed by atoms with van der Waals surface area (Å²) in [5.41, 5.74) is 0. The van der Waals surface area contributed by atoms with Crippen LogP contribution in [0.1, 0.15) is 28.9 Å². The zero-order chi connectivity index (χ0) is 13.1. The van der Waals surface area contributed by atoms with Gasteiger partial charge in [-0.1, -0.05) is 24.6 Å². The molecule has 2 N–H and O–H groups in total. The van der Waals surface area contributed by atoms with Crippen LogP contribution in [0.3, 0.4) is 0 Å². The molecule has 100 valence electrons. The molecule has 1 unspecified atom stereocenters. The largest absolute Gasteiger partial charge is 0.347 e. The second kappa shape index (κ2) is 5.72. The molecule has 0 bridgehead atoms. The third kappa shape index (κ3) is 2.96. The number of carbonyl (C=O) groups is 1. The van der Waals surface area contributed by atoms with Crippen LogP contribution in [-0.2, 0) is 0 Å². The first-order valence-electron chi connectivity index (χ1n) is 6.83. The van der Waals surface area contributed by atoms with Gasteiger partial charge in [-0.2, -0.15) is 0 Å². The van der Waals surface area contributed by atoms with Gasteiger partial charge in [-0.25, -0.2) is 0 Å². The lowest BCUT2D eigenvalue weighted by atomic mass is 10.1. The summed E-state index contributed by atoms with van der Waals surface area (Å²) in [6.45, 7) is 1.95. The van der Waals surface area contributed by atoms with Crippen molar-refractivity contribution in [2.24, 2.45) is 0 Å². The zero-order valence-corrected chi connectivity index (χ0v) is 11.6. The Hall–Kier alpha value is -1.39. The van der Waals surface area contributed by atoms with E-state index in [1.807, 2.05) is 18.2 Å². The van der Waals surface area contributed by atoms with Crippen molar-refractivity contribution in [1.29, 1.82) is 0 Å².